The Balaban J connectivity index is 1.48. The molecule has 0 aromatic carbocycles. The Morgan fingerprint density at radius 3 is 3.05 bits per heavy atom. The molecule has 21 heavy (non-hydrogen) atoms. The summed E-state index contributed by atoms with van der Waals surface area (Å²) in [5.74, 6) is 1.17. The standard InChI is InChI=1S/C15H22N4OS/c20-14-4-6-15(19(14)8-12-2-3-12)5-1-7-18(11-15)9-13-10-21-17-16-13/h10,12H,1-9,11H2/t15-/m0/s1. The van der Waals surface area contributed by atoms with Crippen LogP contribution in [0.5, 0.6) is 0 Å². The predicted molar refractivity (Wildman–Crippen MR) is 80.8 cm³/mol. The Morgan fingerprint density at radius 2 is 2.29 bits per heavy atom. The van der Waals surface area contributed by atoms with Crippen LogP contribution in [0.4, 0.5) is 0 Å². The lowest BCUT2D eigenvalue weighted by molar-refractivity contribution is -0.133. The van der Waals surface area contributed by atoms with E-state index in [1.54, 1.807) is 0 Å². The Kier molecular flexibility index (Phi) is 3.46. The van der Waals surface area contributed by atoms with Crippen LogP contribution < -0.4 is 0 Å². The van der Waals surface area contributed by atoms with E-state index in [2.05, 4.69) is 19.4 Å². The van der Waals surface area contributed by atoms with Gasteiger partial charge in [0.2, 0.25) is 5.91 Å². The van der Waals surface area contributed by atoms with E-state index in [1.807, 2.05) is 5.38 Å². The van der Waals surface area contributed by atoms with Gasteiger partial charge in [-0.3, -0.25) is 9.69 Å². The third-order valence-corrected chi connectivity index (χ3v) is 5.79. The van der Waals surface area contributed by atoms with Crippen LogP contribution in [0.3, 0.4) is 0 Å². The number of piperidine rings is 1. The normalized spacial score (nSPS) is 30.5. The molecule has 3 fully saturated rings. The lowest BCUT2D eigenvalue weighted by Gasteiger charge is -2.46. The average molecular weight is 306 g/mol. The molecule has 0 N–H and O–H groups in total. The average Bonchev–Trinajstić information content (AvgIpc) is 3.09. The quantitative estimate of drug-likeness (QED) is 0.852. The molecule has 1 aliphatic carbocycles. The Bertz CT molecular complexity index is 516. The second-order valence-electron chi connectivity index (χ2n) is 6.88. The number of likely N-dealkylation sites (tertiary alicyclic amines) is 2. The molecule has 2 saturated heterocycles. The van der Waals surface area contributed by atoms with Gasteiger partial charge in [0, 0.05) is 31.4 Å². The predicted octanol–water partition coefficient (Wildman–Crippen LogP) is 1.91. The van der Waals surface area contributed by atoms with Gasteiger partial charge in [0.15, 0.2) is 0 Å². The van der Waals surface area contributed by atoms with Crippen molar-refractivity contribution < 1.29 is 4.79 Å². The molecule has 3 aliphatic rings. The summed E-state index contributed by atoms with van der Waals surface area (Å²) < 4.78 is 3.95. The molecular weight excluding hydrogens is 284 g/mol. The highest BCUT2D eigenvalue weighted by molar-refractivity contribution is 7.03. The molecule has 1 atom stereocenters. The fourth-order valence-electron chi connectivity index (χ4n) is 3.98. The van der Waals surface area contributed by atoms with Crippen molar-refractivity contribution in [2.75, 3.05) is 19.6 Å². The van der Waals surface area contributed by atoms with Crippen LogP contribution in [-0.2, 0) is 11.3 Å². The summed E-state index contributed by atoms with van der Waals surface area (Å²) in [5, 5.41) is 6.19. The van der Waals surface area contributed by atoms with Gasteiger partial charge in [-0.2, -0.15) is 0 Å². The van der Waals surface area contributed by atoms with Crippen molar-refractivity contribution in [2.45, 2.75) is 50.6 Å². The zero-order valence-corrected chi connectivity index (χ0v) is 13.1. The molecule has 0 radical (unpaired) electrons. The molecule has 1 amide bonds. The maximum absolute atomic E-state index is 12.3. The third-order valence-electron chi connectivity index (χ3n) is 5.24. The van der Waals surface area contributed by atoms with Crippen LogP contribution >= 0.6 is 11.5 Å². The number of rotatable bonds is 4. The summed E-state index contributed by atoms with van der Waals surface area (Å²) in [7, 11) is 0. The summed E-state index contributed by atoms with van der Waals surface area (Å²) in [4.78, 5) is 17.0. The van der Waals surface area contributed by atoms with E-state index < -0.39 is 0 Å². The van der Waals surface area contributed by atoms with Crippen LogP contribution in [-0.4, -0.2) is 50.5 Å². The number of nitrogens with zero attached hydrogens (tertiary/aromatic N) is 4. The second-order valence-corrected chi connectivity index (χ2v) is 7.49. The minimum atomic E-state index is 0.112. The minimum Gasteiger partial charge on any atom is -0.335 e. The van der Waals surface area contributed by atoms with Crippen LogP contribution in [0.1, 0.15) is 44.2 Å². The van der Waals surface area contributed by atoms with Crippen molar-refractivity contribution in [3.8, 4) is 0 Å². The van der Waals surface area contributed by atoms with Crippen LogP contribution in [0, 0.1) is 5.92 Å². The first-order chi connectivity index (χ1) is 10.3. The molecule has 114 valence electrons. The highest BCUT2D eigenvalue weighted by Crippen LogP contribution is 2.41. The highest BCUT2D eigenvalue weighted by Gasteiger charge is 2.48. The zero-order valence-electron chi connectivity index (χ0n) is 12.3. The number of hydrogen-bond donors (Lipinski definition) is 0. The smallest absolute Gasteiger partial charge is 0.223 e. The molecule has 2 aliphatic heterocycles. The molecule has 0 bridgehead atoms. The minimum absolute atomic E-state index is 0.112. The van der Waals surface area contributed by atoms with Crippen molar-refractivity contribution in [1.82, 2.24) is 19.4 Å². The molecule has 1 aromatic rings. The van der Waals surface area contributed by atoms with Crippen LogP contribution in [0.25, 0.3) is 0 Å². The summed E-state index contributed by atoms with van der Waals surface area (Å²) in [6, 6.07) is 0. The maximum atomic E-state index is 12.3. The first-order valence-electron chi connectivity index (χ1n) is 8.04. The molecule has 6 heteroatoms. The monoisotopic (exact) mass is 306 g/mol. The van der Waals surface area contributed by atoms with E-state index in [1.165, 1.54) is 37.2 Å². The van der Waals surface area contributed by atoms with Gasteiger partial charge >= 0.3 is 0 Å². The Labute approximate surface area is 129 Å². The number of carbonyl (C=O) groups is 1. The summed E-state index contributed by atoms with van der Waals surface area (Å²) in [6.45, 7) is 4.02. The van der Waals surface area contributed by atoms with E-state index >= 15 is 0 Å². The number of aromatic nitrogens is 2. The summed E-state index contributed by atoms with van der Waals surface area (Å²) in [5.41, 5.74) is 1.18. The van der Waals surface area contributed by atoms with Gasteiger partial charge in [-0.25, -0.2) is 0 Å². The van der Waals surface area contributed by atoms with Crippen molar-refractivity contribution in [3.05, 3.63) is 11.1 Å². The van der Waals surface area contributed by atoms with E-state index in [-0.39, 0.29) is 5.54 Å². The summed E-state index contributed by atoms with van der Waals surface area (Å²) in [6.07, 6.45) is 6.79. The fraction of sp³-hybridized carbons (Fsp3) is 0.800. The van der Waals surface area contributed by atoms with Crippen molar-refractivity contribution in [2.24, 2.45) is 5.92 Å². The SMILES string of the molecule is O=C1CC[C@]2(CCCN(Cc3csnn3)C2)N1CC1CC1. The molecule has 3 heterocycles. The van der Waals surface area contributed by atoms with Crippen LogP contribution in [0.15, 0.2) is 5.38 Å². The van der Waals surface area contributed by atoms with E-state index in [0.29, 0.717) is 5.91 Å². The highest BCUT2D eigenvalue weighted by atomic mass is 32.1. The van der Waals surface area contributed by atoms with Gasteiger partial charge in [0.1, 0.15) is 0 Å². The summed E-state index contributed by atoms with van der Waals surface area (Å²) >= 11 is 1.42. The van der Waals surface area contributed by atoms with E-state index in [0.717, 1.165) is 50.6 Å². The van der Waals surface area contributed by atoms with Gasteiger partial charge in [-0.05, 0) is 56.1 Å². The topological polar surface area (TPSA) is 49.3 Å². The Morgan fingerprint density at radius 1 is 1.38 bits per heavy atom. The lowest BCUT2D eigenvalue weighted by atomic mass is 9.86. The molecule has 5 nitrogen and oxygen atoms in total. The van der Waals surface area contributed by atoms with Gasteiger partial charge in [-0.1, -0.05) is 4.49 Å². The number of carbonyl (C=O) groups excluding carboxylic acids is 1. The van der Waals surface area contributed by atoms with Crippen LogP contribution in [0.2, 0.25) is 0 Å². The van der Waals surface area contributed by atoms with Crippen molar-refractivity contribution in [3.63, 3.8) is 0 Å². The number of amides is 1. The molecular formula is C15H22N4OS. The van der Waals surface area contributed by atoms with E-state index in [4.69, 9.17) is 0 Å². The Hall–Kier alpha value is -1.01. The molecule has 1 aromatic heterocycles. The zero-order chi connectivity index (χ0) is 14.3. The second kappa shape index (κ2) is 5.32. The van der Waals surface area contributed by atoms with Gasteiger partial charge in [0.05, 0.1) is 11.2 Å². The van der Waals surface area contributed by atoms with Crippen molar-refractivity contribution >= 4 is 17.4 Å². The molecule has 1 saturated carbocycles. The molecule has 1 spiro atoms. The van der Waals surface area contributed by atoms with Crippen molar-refractivity contribution in [1.29, 1.82) is 0 Å². The maximum Gasteiger partial charge on any atom is 0.223 e. The fourth-order valence-corrected chi connectivity index (χ4v) is 4.42. The van der Waals surface area contributed by atoms with E-state index in [9.17, 15) is 4.79 Å². The van der Waals surface area contributed by atoms with Gasteiger partial charge < -0.3 is 4.90 Å². The van der Waals surface area contributed by atoms with Gasteiger partial charge in [-0.15, -0.1) is 5.10 Å². The largest absolute Gasteiger partial charge is 0.335 e. The third kappa shape index (κ3) is 2.71. The first-order valence-corrected chi connectivity index (χ1v) is 8.88. The van der Waals surface area contributed by atoms with Gasteiger partial charge in [0.25, 0.3) is 0 Å². The lowest BCUT2D eigenvalue weighted by Crippen LogP contribution is -2.56. The molecule has 0 unspecified atom stereocenters. The first kappa shape index (κ1) is 13.6. The molecule has 4 rings (SSSR count). The number of hydrogen-bond acceptors (Lipinski definition) is 5.